The molecule has 1 saturated heterocycles. The summed E-state index contributed by atoms with van der Waals surface area (Å²) in [6.45, 7) is 10.9. The molecule has 1 fully saturated rings. The van der Waals surface area contributed by atoms with Gasteiger partial charge in [0.05, 0.1) is 4.91 Å². The maximum atomic E-state index is 12.1. The van der Waals surface area contributed by atoms with E-state index in [1.54, 1.807) is 18.2 Å². The van der Waals surface area contributed by atoms with Crippen LogP contribution in [0.2, 0.25) is 0 Å². The molecule has 0 radical (unpaired) electrons. The molecule has 0 N–H and O–H groups in total. The molecule has 1 aliphatic rings. The summed E-state index contributed by atoms with van der Waals surface area (Å²) in [5.41, 5.74) is 0. The standard InChI is InChI=1S/C11H18N2OS/c1-4-6-11(5-2)15(14)13-9-7-12(3)8-10-13/h4-6H,1-2,7-10H2,3H3/b11-6+. The Bertz CT molecular complexity index is 291. The molecule has 0 aromatic heterocycles. The third-order valence-electron chi connectivity index (χ3n) is 2.38. The number of allylic oxidation sites excluding steroid dienone is 3. The Balaban J connectivity index is 2.63. The highest BCUT2D eigenvalue weighted by Crippen LogP contribution is 2.11. The summed E-state index contributed by atoms with van der Waals surface area (Å²) in [7, 11) is 0.997. The highest BCUT2D eigenvalue weighted by molar-refractivity contribution is 7.86. The lowest BCUT2D eigenvalue weighted by molar-refractivity contribution is 0.229. The fourth-order valence-electron chi connectivity index (χ4n) is 1.42. The smallest absolute Gasteiger partial charge is 0.127 e. The van der Waals surface area contributed by atoms with Crippen molar-refractivity contribution >= 4 is 11.0 Å². The molecular weight excluding hydrogens is 208 g/mol. The van der Waals surface area contributed by atoms with Crippen molar-refractivity contribution in [2.24, 2.45) is 0 Å². The van der Waals surface area contributed by atoms with Gasteiger partial charge in [-0.1, -0.05) is 25.3 Å². The van der Waals surface area contributed by atoms with Gasteiger partial charge in [0.15, 0.2) is 0 Å². The van der Waals surface area contributed by atoms with Crippen LogP contribution in [0.25, 0.3) is 0 Å². The van der Waals surface area contributed by atoms with Crippen LogP contribution >= 0.6 is 0 Å². The number of likely N-dealkylation sites (N-methyl/N-ethyl adjacent to an activating group) is 1. The Kier molecular flexibility index (Phi) is 4.94. The van der Waals surface area contributed by atoms with Crippen molar-refractivity contribution in [2.45, 2.75) is 0 Å². The zero-order valence-electron chi connectivity index (χ0n) is 9.19. The lowest BCUT2D eigenvalue weighted by Gasteiger charge is -2.31. The first-order valence-corrected chi connectivity index (χ1v) is 6.10. The Morgan fingerprint density at radius 1 is 1.27 bits per heavy atom. The average Bonchev–Trinajstić information content (AvgIpc) is 2.26. The number of hydrogen-bond acceptors (Lipinski definition) is 2. The van der Waals surface area contributed by atoms with E-state index in [9.17, 15) is 4.21 Å². The molecule has 0 saturated carbocycles. The molecule has 0 aliphatic carbocycles. The summed E-state index contributed by atoms with van der Waals surface area (Å²) in [6.07, 6.45) is 5.03. The molecule has 0 aromatic carbocycles. The van der Waals surface area contributed by atoms with Crippen LogP contribution in [0.15, 0.2) is 36.3 Å². The fourth-order valence-corrected chi connectivity index (χ4v) is 2.56. The summed E-state index contributed by atoms with van der Waals surface area (Å²) >= 11 is 0. The number of rotatable bonds is 4. The van der Waals surface area contributed by atoms with Gasteiger partial charge in [0.1, 0.15) is 11.0 Å². The first-order chi connectivity index (χ1) is 7.19. The largest absolute Gasteiger partial charge is 0.304 e. The van der Waals surface area contributed by atoms with Crippen LogP contribution < -0.4 is 0 Å². The Hall–Kier alpha value is -0.710. The molecule has 84 valence electrons. The van der Waals surface area contributed by atoms with Crippen molar-refractivity contribution in [2.75, 3.05) is 33.2 Å². The van der Waals surface area contributed by atoms with Gasteiger partial charge >= 0.3 is 0 Å². The SMILES string of the molecule is C=C/C=C(\C=C)S(=O)N1CCN(C)CC1. The molecule has 0 spiro atoms. The molecular formula is C11H18N2OS. The van der Waals surface area contributed by atoms with Gasteiger partial charge in [-0.25, -0.2) is 8.51 Å². The van der Waals surface area contributed by atoms with Crippen molar-refractivity contribution in [1.29, 1.82) is 0 Å². The van der Waals surface area contributed by atoms with E-state index < -0.39 is 11.0 Å². The minimum atomic E-state index is -1.08. The van der Waals surface area contributed by atoms with Crippen LogP contribution in [-0.4, -0.2) is 46.6 Å². The molecule has 0 bridgehead atoms. The van der Waals surface area contributed by atoms with Crippen molar-refractivity contribution in [3.8, 4) is 0 Å². The first kappa shape index (κ1) is 12.4. The van der Waals surface area contributed by atoms with Gasteiger partial charge in [0.25, 0.3) is 0 Å². The predicted octanol–water partition coefficient (Wildman–Crippen LogP) is 1.15. The van der Waals surface area contributed by atoms with E-state index in [1.165, 1.54) is 0 Å². The van der Waals surface area contributed by atoms with Crippen molar-refractivity contribution in [1.82, 2.24) is 9.21 Å². The zero-order valence-corrected chi connectivity index (χ0v) is 10.0. The lowest BCUT2D eigenvalue weighted by atomic mass is 10.4. The minimum Gasteiger partial charge on any atom is -0.304 e. The topological polar surface area (TPSA) is 23.6 Å². The van der Waals surface area contributed by atoms with E-state index in [4.69, 9.17) is 0 Å². The van der Waals surface area contributed by atoms with Crippen LogP contribution in [0, 0.1) is 0 Å². The monoisotopic (exact) mass is 226 g/mol. The average molecular weight is 226 g/mol. The normalized spacial score (nSPS) is 22.3. The summed E-state index contributed by atoms with van der Waals surface area (Å²) in [5.74, 6) is 0. The van der Waals surface area contributed by atoms with Gasteiger partial charge in [0.2, 0.25) is 0 Å². The van der Waals surface area contributed by atoms with Crippen LogP contribution in [0.1, 0.15) is 0 Å². The highest BCUT2D eigenvalue weighted by Gasteiger charge is 2.20. The minimum absolute atomic E-state index is 0.731. The molecule has 1 heterocycles. The summed E-state index contributed by atoms with van der Waals surface area (Å²) < 4.78 is 14.0. The van der Waals surface area contributed by atoms with Crippen molar-refractivity contribution in [3.63, 3.8) is 0 Å². The van der Waals surface area contributed by atoms with E-state index in [0.717, 1.165) is 31.1 Å². The second-order valence-corrected chi connectivity index (χ2v) is 4.98. The molecule has 0 amide bonds. The summed E-state index contributed by atoms with van der Waals surface area (Å²) in [5, 5.41) is 0. The number of hydrogen-bond donors (Lipinski definition) is 0. The molecule has 15 heavy (non-hydrogen) atoms. The second-order valence-electron chi connectivity index (χ2n) is 3.49. The highest BCUT2D eigenvalue weighted by atomic mass is 32.2. The van der Waals surface area contributed by atoms with E-state index in [-0.39, 0.29) is 0 Å². The van der Waals surface area contributed by atoms with E-state index >= 15 is 0 Å². The number of piperazine rings is 1. The van der Waals surface area contributed by atoms with Gasteiger partial charge in [-0.2, -0.15) is 0 Å². The molecule has 1 rings (SSSR count). The van der Waals surface area contributed by atoms with Crippen molar-refractivity contribution < 1.29 is 4.21 Å². The van der Waals surface area contributed by atoms with Crippen LogP contribution in [-0.2, 0) is 11.0 Å². The van der Waals surface area contributed by atoms with E-state index in [0.29, 0.717) is 0 Å². The molecule has 4 heteroatoms. The summed E-state index contributed by atoms with van der Waals surface area (Å²) in [4.78, 5) is 2.97. The quantitative estimate of drug-likeness (QED) is 0.671. The zero-order chi connectivity index (χ0) is 11.3. The predicted molar refractivity (Wildman–Crippen MR) is 65.7 cm³/mol. The van der Waals surface area contributed by atoms with E-state index in [2.05, 4.69) is 25.1 Å². The van der Waals surface area contributed by atoms with Gasteiger partial charge in [-0.3, -0.25) is 0 Å². The molecule has 1 aliphatic heterocycles. The third kappa shape index (κ3) is 3.41. The Morgan fingerprint density at radius 3 is 2.33 bits per heavy atom. The van der Waals surface area contributed by atoms with Crippen LogP contribution in [0.4, 0.5) is 0 Å². The van der Waals surface area contributed by atoms with Crippen LogP contribution in [0.3, 0.4) is 0 Å². The molecule has 3 nitrogen and oxygen atoms in total. The maximum Gasteiger partial charge on any atom is 0.127 e. The van der Waals surface area contributed by atoms with Gasteiger partial charge < -0.3 is 4.90 Å². The third-order valence-corrected chi connectivity index (χ3v) is 3.92. The second kappa shape index (κ2) is 6.00. The van der Waals surface area contributed by atoms with Gasteiger partial charge in [-0.05, 0) is 13.1 Å². The maximum absolute atomic E-state index is 12.1. The first-order valence-electron chi connectivity index (χ1n) is 4.99. The van der Waals surface area contributed by atoms with Gasteiger partial charge in [0, 0.05) is 26.2 Å². The van der Waals surface area contributed by atoms with Gasteiger partial charge in [-0.15, -0.1) is 0 Å². The summed E-state index contributed by atoms with van der Waals surface area (Å²) in [6, 6.07) is 0. The Labute approximate surface area is 94.3 Å². The Morgan fingerprint density at radius 2 is 1.87 bits per heavy atom. The van der Waals surface area contributed by atoms with Crippen molar-refractivity contribution in [3.05, 3.63) is 36.3 Å². The van der Waals surface area contributed by atoms with E-state index in [1.807, 2.05) is 4.31 Å². The lowest BCUT2D eigenvalue weighted by Crippen LogP contribution is -2.45. The molecule has 1 atom stereocenters. The number of nitrogens with zero attached hydrogens (tertiary/aromatic N) is 2. The van der Waals surface area contributed by atoms with Crippen LogP contribution in [0.5, 0.6) is 0 Å². The fraction of sp³-hybridized carbons (Fsp3) is 0.455. The molecule has 1 unspecified atom stereocenters. The molecule has 0 aromatic rings.